The smallest absolute Gasteiger partial charge is 0.339 e. The van der Waals surface area contributed by atoms with Gasteiger partial charge in [0.25, 0.3) is 0 Å². The number of aromatic nitrogens is 1. The molecular weight excluding hydrogens is 302 g/mol. The number of para-hydroxylation sites is 1. The van der Waals surface area contributed by atoms with E-state index in [0.29, 0.717) is 0 Å². The number of benzene rings is 2. The fraction of sp³-hybridized carbons (Fsp3) is 0.0588. The summed E-state index contributed by atoms with van der Waals surface area (Å²) in [6, 6.07) is 13.8. The van der Waals surface area contributed by atoms with Crippen LogP contribution in [0.25, 0.3) is 10.9 Å². The number of pyridine rings is 1. The van der Waals surface area contributed by atoms with E-state index in [0.717, 1.165) is 16.5 Å². The zero-order valence-electron chi connectivity index (χ0n) is 11.5. The van der Waals surface area contributed by atoms with Gasteiger partial charge in [0.2, 0.25) is 0 Å². The number of hydrogen-bond donors (Lipinski definition) is 1. The van der Waals surface area contributed by atoms with Gasteiger partial charge in [-0.15, -0.1) is 0 Å². The van der Waals surface area contributed by atoms with Gasteiger partial charge in [0.05, 0.1) is 16.1 Å². The summed E-state index contributed by atoms with van der Waals surface area (Å²) in [6.07, 6.45) is 1.67. The van der Waals surface area contributed by atoms with E-state index in [4.69, 9.17) is 16.3 Å². The minimum absolute atomic E-state index is 0.000259. The number of halogens is 1. The molecule has 0 radical (unpaired) electrons. The third kappa shape index (κ3) is 3.02. The van der Waals surface area contributed by atoms with Crippen molar-refractivity contribution >= 4 is 28.5 Å². The van der Waals surface area contributed by atoms with E-state index in [-0.39, 0.29) is 22.9 Å². The van der Waals surface area contributed by atoms with Crippen LogP contribution in [0.3, 0.4) is 0 Å². The van der Waals surface area contributed by atoms with E-state index in [1.165, 1.54) is 18.2 Å². The Bertz CT molecular complexity index is 848. The van der Waals surface area contributed by atoms with Crippen molar-refractivity contribution in [2.24, 2.45) is 0 Å². The van der Waals surface area contributed by atoms with E-state index < -0.39 is 5.97 Å². The van der Waals surface area contributed by atoms with E-state index in [1.54, 1.807) is 6.20 Å². The first kappa shape index (κ1) is 14.4. The lowest BCUT2D eigenvalue weighted by molar-refractivity contribution is 0.0473. The number of carbonyl (C=O) groups excluding carboxylic acids is 1. The predicted molar refractivity (Wildman–Crippen MR) is 84.0 cm³/mol. The Labute approximate surface area is 131 Å². The zero-order valence-corrected chi connectivity index (χ0v) is 12.2. The molecule has 3 aromatic rings. The minimum Gasteiger partial charge on any atom is -0.508 e. The van der Waals surface area contributed by atoms with Gasteiger partial charge in [0.15, 0.2) is 0 Å². The summed E-state index contributed by atoms with van der Waals surface area (Å²) in [5.74, 6) is -0.543. The summed E-state index contributed by atoms with van der Waals surface area (Å²) in [4.78, 5) is 16.3. The second kappa shape index (κ2) is 6.03. The zero-order chi connectivity index (χ0) is 15.5. The Morgan fingerprint density at radius 1 is 1.18 bits per heavy atom. The summed E-state index contributed by atoms with van der Waals surface area (Å²) in [5, 5.41) is 10.4. The fourth-order valence-corrected chi connectivity index (χ4v) is 2.34. The van der Waals surface area contributed by atoms with Crippen LogP contribution in [0, 0.1) is 0 Å². The number of carbonyl (C=O) groups is 1. The molecule has 0 saturated heterocycles. The summed E-state index contributed by atoms with van der Waals surface area (Å²) in [5.41, 5.74) is 1.90. The molecule has 110 valence electrons. The molecule has 0 saturated carbocycles. The van der Waals surface area contributed by atoms with E-state index in [2.05, 4.69) is 4.98 Å². The van der Waals surface area contributed by atoms with Crippen molar-refractivity contribution in [2.75, 3.05) is 0 Å². The Kier molecular flexibility index (Phi) is 3.94. The molecule has 0 aliphatic heterocycles. The molecule has 0 aliphatic rings. The molecule has 1 N–H and O–H groups in total. The summed E-state index contributed by atoms with van der Waals surface area (Å²) in [6.45, 7) is 0.105. The molecular formula is C17H12ClNO3. The number of phenolic OH excluding ortho intramolecular Hbond substituents is 1. The van der Waals surface area contributed by atoms with Crippen molar-refractivity contribution in [3.05, 3.63) is 70.9 Å². The molecule has 1 aromatic heterocycles. The monoisotopic (exact) mass is 313 g/mol. The molecule has 0 atom stereocenters. The molecule has 4 nitrogen and oxygen atoms in total. The highest BCUT2D eigenvalue weighted by Crippen LogP contribution is 2.22. The first-order chi connectivity index (χ1) is 10.6. The van der Waals surface area contributed by atoms with E-state index in [1.807, 2.05) is 30.3 Å². The summed E-state index contributed by atoms with van der Waals surface area (Å²) in [7, 11) is 0. The number of phenols is 1. The molecule has 22 heavy (non-hydrogen) atoms. The maximum Gasteiger partial charge on any atom is 0.339 e. The van der Waals surface area contributed by atoms with Gasteiger partial charge in [-0.2, -0.15) is 0 Å². The Morgan fingerprint density at radius 2 is 2.00 bits per heavy atom. The van der Waals surface area contributed by atoms with Crippen molar-refractivity contribution < 1.29 is 14.6 Å². The second-order valence-corrected chi connectivity index (χ2v) is 5.18. The average Bonchev–Trinajstić information content (AvgIpc) is 2.52. The van der Waals surface area contributed by atoms with Crippen molar-refractivity contribution in [1.29, 1.82) is 0 Å². The molecule has 0 amide bonds. The van der Waals surface area contributed by atoms with Gasteiger partial charge in [-0.1, -0.05) is 29.8 Å². The van der Waals surface area contributed by atoms with Gasteiger partial charge < -0.3 is 9.84 Å². The molecule has 0 spiro atoms. The summed E-state index contributed by atoms with van der Waals surface area (Å²) < 4.78 is 5.24. The first-order valence-corrected chi connectivity index (χ1v) is 7.00. The van der Waals surface area contributed by atoms with E-state index >= 15 is 0 Å². The van der Waals surface area contributed by atoms with Crippen LogP contribution in [-0.2, 0) is 11.3 Å². The van der Waals surface area contributed by atoms with Crippen molar-refractivity contribution in [1.82, 2.24) is 4.98 Å². The number of aromatic hydroxyl groups is 1. The average molecular weight is 314 g/mol. The highest BCUT2D eigenvalue weighted by Gasteiger charge is 2.12. The maximum atomic E-state index is 12.0. The lowest BCUT2D eigenvalue weighted by Crippen LogP contribution is -2.06. The first-order valence-electron chi connectivity index (χ1n) is 6.63. The van der Waals surface area contributed by atoms with Gasteiger partial charge in [-0.25, -0.2) is 4.79 Å². The number of fused-ring (bicyclic) bond motifs is 1. The Morgan fingerprint density at radius 3 is 2.82 bits per heavy atom. The second-order valence-electron chi connectivity index (χ2n) is 4.78. The van der Waals surface area contributed by atoms with Gasteiger partial charge >= 0.3 is 5.97 Å². The standard InChI is InChI=1S/C17H12ClNO3/c18-15-8-13(20)5-6-14(15)17(21)22-10-11-7-12-3-1-2-4-16(12)19-9-11/h1-9,20H,10H2. The van der Waals surface area contributed by atoms with Crippen LogP contribution in [0.2, 0.25) is 5.02 Å². The molecule has 1 heterocycles. The molecule has 5 heteroatoms. The van der Waals surface area contributed by atoms with Gasteiger partial charge in [-0.3, -0.25) is 4.98 Å². The predicted octanol–water partition coefficient (Wildman–Crippen LogP) is 3.95. The number of hydrogen-bond acceptors (Lipinski definition) is 4. The lowest BCUT2D eigenvalue weighted by Gasteiger charge is -2.07. The van der Waals surface area contributed by atoms with Crippen molar-refractivity contribution in [2.45, 2.75) is 6.61 Å². The summed E-state index contributed by atoms with van der Waals surface area (Å²) >= 11 is 5.91. The van der Waals surface area contributed by atoms with E-state index in [9.17, 15) is 9.90 Å². The number of esters is 1. The lowest BCUT2D eigenvalue weighted by atomic mass is 10.2. The van der Waals surface area contributed by atoms with Gasteiger partial charge in [0.1, 0.15) is 12.4 Å². The molecule has 0 unspecified atom stereocenters. The molecule has 0 aliphatic carbocycles. The van der Waals surface area contributed by atoms with Gasteiger partial charge in [-0.05, 0) is 30.3 Å². The minimum atomic E-state index is -0.543. The Balaban J connectivity index is 1.74. The highest BCUT2D eigenvalue weighted by molar-refractivity contribution is 6.33. The SMILES string of the molecule is O=C(OCc1cnc2ccccc2c1)c1ccc(O)cc1Cl. The van der Waals surface area contributed by atoms with Crippen molar-refractivity contribution in [3.8, 4) is 5.75 Å². The topological polar surface area (TPSA) is 59.4 Å². The van der Waals surface area contributed by atoms with Crippen LogP contribution in [0.15, 0.2) is 54.7 Å². The largest absolute Gasteiger partial charge is 0.508 e. The third-order valence-electron chi connectivity index (χ3n) is 3.19. The van der Waals surface area contributed by atoms with Crippen LogP contribution < -0.4 is 0 Å². The molecule has 0 fully saturated rings. The number of ether oxygens (including phenoxy) is 1. The van der Waals surface area contributed by atoms with Crippen LogP contribution in [0.4, 0.5) is 0 Å². The quantitative estimate of drug-likeness (QED) is 0.744. The third-order valence-corrected chi connectivity index (χ3v) is 3.50. The fourth-order valence-electron chi connectivity index (χ4n) is 2.09. The molecule has 0 bridgehead atoms. The number of nitrogens with zero attached hydrogens (tertiary/aromatic N) is 1. The Hall–Kier alpha value is -2.59. The maximum absolute atomic E-state index is 12.0. The normalized spacial score (nSPS) is 10.6. The van der Waals surface area contributed by atoms with Crippen LogP contribution in [-0.4, -0.2) is 16.1 Å². The van der Waals surface area contributed by atoms with Crippen molar-refractivity contribution in [3.63, 3.8) is 0 Å². The highest BCUT2D eigenvalue weighted by atomic mass is 35.5. The molecule has 3 rings (SSSR count). The number of rotatable bonds is 3. The van der Waals surface area contributed by atoms with Crippen LogP contribution in [0.1, 0.15) is 15.9 Å². The van der Waals surface area contributed by atoms with Crippen LogP contribution in [0.5, 0.6) is 5.75 Å². The van der Waals surface area contributed by atoms with Gasteiger partial charge in [0, 0.05) is 17.1 Å². The molecule has 2 aromatic carbocycles. The van der Waals surface area contributed by atoms with Crippen LogP contribution >= 0.6 is 11.6 Å².